The van der Waals surface area contributed by atoms with Gasteiger partial charge in [-0.3, -0.25) is 20.2 Å². The molecule has 0 aliphatic rings. The highest BCUT2D eigenvalue weighted by atomic mass is 16.6. The average molecular weight is 262 g/mol. The minimum absolute atomic E-state index is 0.0419. The number of hydrogen-bond donors (Lipinski definition) is 0. The molecule has 0 aliphatic carbocycles. The van der Waals surface area contributed by atoms with E-state index in [2.05, 4.69) is 5.10 Å². The van der Waals surface area contributed by atoms with Crippen LogP contribution in [0.5, 0.6) is 0 Å². The summed E-state index contributed by atoms with van der Waals surface area (Å²) in [6, 6.07) is 5.66. The average Bonchev–Trinajstić information content (AvgIpc) is 2.65. The monoisotopic (exact) mass is 262 g/mol. The van der Waals surface area contributed by atoms with Gasteiger partial charge in [-0.05, 0) is 26.0 Å². The van der Waals surface area contributed by atoms with Gasteiger partial charge < -0.3 is 0 Å². The third-order valence-corrected chi connectivity index (χ3v) is 2.74. The lowest BCUT2D eigenvalue weighted by molar-refractivity contribution is -0.386. The minimum Gasteiger partial charge on any atom is -0.258 e. The molecule has 19 heavy (non-hydrogen) atoms. The van der Waals surface area contributed by atoms with Crippen LogP contribution in [0.25, 0.3) is 5.69 Å². The van der Waals surface area contributed by atoms with E-state index in [0.29, 0.717) is 17.1 Å². The Bertz CT molecular complexity index is 660. The van der Waals surface area contributed by atoms with Gasteiger partial charge in [0, 0.05) is 12.1 Å². The van der Waals surface area contributed by atoms with Crippen LogP contribution in [0.3, 0.4) is 0 Å². The van der Waals surface area contributed by atoms with Gasteiger partial charge >= 0.3 is 5.69 Å². The van der Waals surface area contributed by atoms with Gasteiger partial charge in [0.25, 0.3) is 5.69 Å². The maximum Gasteiger partial charge on any atom is 0.313 e. The fourth-order valence-corrected chi connectivity index (χ4v) is 1.87. The predicted molar refractivity (Wildman–Crippen MR) is 66.3 cm³/mol. The Balaban J connectivity index is 2.51. The Morgan fingerprint density at radius 3 is 2.05 bits per heavy atom. The van der Waals surface area contributed by atoms with E-state index >= 15 is 0 Å². The third-order valence-electron chi connectivity index (χ3n) is 2.74. The van der Waals surface area contributed by atoms with E-state index in [0.717, 1.165) is 0 Å². The van der Waals surface area contributed by atoms with E-state index in [1.807, 2.05) is 0 Å². The summed E-state index contributed by atoms with van der Waals surface area (Å²) < 4.78 is 1.40. The zero-order chi connectivity index (χ0) is 14.2. The number of non-ortho nitro benzene ring substituents is 1. The van der Waals surface area contributed by atoms with Gasteiger partial charge in [-0.25, -0.2) is 4.68 Å². The molecule has 0 saturated heterocycles. The Kier molecular flexibility index (Phi) is 2.99. The van der Waals surface area contributed by atoms with Gasteiger partial charge in [0.1, 0.15) is 11.4 Å². The lowest BCUT2D eigenvalue weighted by atomic mass is 10.2. The van der Waals surface area contributed by atoms with E-state index < -0.39 is 9.85 Å². The quantitative estimate of drug-likeness (QED) is 0.623. The van der Waals surface area contributed by atoms with Crippen LogP contribution in [0.2, 0.25) is 0 Å². The number of benzene rings is 1. The highest BCUT2D eigenvalue weighted by Gasteiger charge is 2.22. The van der Waals surface area contributed by atoms with Gasteiger partial charge in [0.05, 0.1) is 15.5 Å². The topological polar surface area (TPSA) is 104 Å². The van der Waals surface area contributed by atoms with Crippen molar-refractivity contribution in [2.75, 3.05) is 0 Å². The van der Waals surface area contributed by atoms with Crippen LogP contribution < -0.4 is 0 Å². The second-order valence-electron chi connectivity index (χ2n) is 3.96. The van der Waals surface area contributed by atoms with Crippen molar-refractivity contribution in [2.24, 2.45) is 0 Å². The molecule has 0 spiro atoms. The molecule has 2 aromatic rings. The summed E-state index contributed by atoms with van der Waals surface area (Å²) in [7, 11) is 0. The van der Waals surface area contributed by atoms with Crippen molar-refractivity contribution >= 4 is 11.4 Å². The fraction of sp³-hybridized carbons (Fsp3) is 0.182. The smallest absolute Gasteiger partial charge is 0.258 e. The molecule has 0 radical (unpaired) electrons. The molecule has 0 bridgehead atoms. The van der Waals surface area contributed by atoms with E-state index in [1.165, 1.54) is 28.9 Å². The van der Waals surface area contributed by atoms with Crippen molar-refractivity contribution in [1.82, 2.24) is 9.78 Å². The van der Waals surface area contributed by atoms with Crippen LogP contribution in [0.15, 0.2) is 24.3 Å². The van der Waals surface area contributed by atoms with Gasteiger partial charge in [0.2, 0.25) is 0 Å². The van der Waals surface area contributed by atoms with Crippen LogP contribution in [0.1, 0.15) is 11.4 Å². The first-order chi connectivity index (χ1) is 8.91. The maximum atomic E-state index is 10.9. The Morgan fingerprint density at radius 1 is 1.05 bits per heavy atom. The molecule has 0 saturated carbocycles. The second-order valence-corrected chi connectivity index (χ2v) is 3.96. The lowest BCUT2D eigenvalue weighted by Gasteiger charge is -2.02. The molecule has 1 heterocycles. The number of aromatic nitrogens is 2. The molecule has 0 amide bonds. The Labute approximate surface area is 107 Å². The van der Waals surface area contributed by atoms with Crippen LogP contribution >= 0.6 is 0 Å². The van der Waals surface area contributed by atoms with Gasteiger partial charge in [-0.15, -0.1) is 0 Å². The minimum atomic E-state index is -0.507. The zero-order valence-electron chi connectivity index (χ0n) is 10.2. The van der Waals surface area contributed by atoms with Gasteiger partial charge in [0.15, 0.2) is 0 Å². The number of nitro groups is 2. The zero-order valence-corrected chi connectivity index (χ0v) is 10.2. The molecule has 98 valence electrons. The van der Waals surface area contributed by atoms with E-state index in [1.54, 1.807) is 13.8 Å². The molecule has 2 rings (SSSR count). The lowest BCUT2D eigenvalue weighted by Crippen LogP contribution is -2.00. The second kappa shape index (κ2) is 4.48. The molecule has 0 atom stereocenters. The normalized spacial score (nSPS) is 10.4. The molecule has 0 N–H and O–H groups in total. The fourth-order valence-electron chi connectivity index (χ4n) is 1.87. The summed E-state index contributed by atoms with van der Waals surface area (Å²) in [5.41, 5.74) is 1.15. The molecule has 8 heteroatoms. The number of hydrogen-bond acceptors (Lipinski definition) is 5. The van der Waals surface area contributed by atoms with Crippen molar-refractivity contribution in [3.63, 3.8) is 0 Å². The molecule has 0 fully saturated rings. The maximum absolute atomic E-state index is 10.9. The highest BCUT2D eigenvalue weighted by Crippen LogP contribution is 2.25. The summed E-state index contributed by atoms with van der Waals surface area (Å²) in [6.07, 6.45) is 0. The molecule has 0 aliphatic heterocycles. The summed E-state index contributed by atoms with van der Waals surface area (Å²) in [5.74, 6) is 0. The van der Waals surface area contributed by atoms with E-state index in [4.69, 9.17) is 0 Å². The van der Waals surface area contributed by atoms with Crippen molar-refractivity contribution < 1.29 is 9.85 Å². The molecule has 1 aromatic heterocycles. The first-order valence-electron chi connectivity index (χ1n) is 5.37. The predicted octanol–water partition coefficient (Wildman–Crippen LogP) is 2.31. The molecule has 1 aromatic carbocycles. The van der Waals surface area contributed by atoms with Crippen LogP contribution in [0, 0.1) is 34.1 Å². The van der Waals surface area contributed by atoms with Gasteiger partial charge in [-0.1, -0.05) is 0 Å². The van der Waals surface area contributed by atoms with Crippen molar-refractivity contribution in [1.29, 1.82) is 0 Å². The van der Waals surface area contributed by atoms with Crippen molar-refractivity contribution in [3.05, 3.63) is 55.9 Å². The molecular weight excluding hydrogens is 252 g/mol. The first kappa shape index (κ1) is 12.7. The van der Waals surface area contributed by atoms with Crippen LogP contribution in [0.4, 0.5) is 11.4 Å². The number of aryl methyl sites for hydroxylation is 1. The number of rotatable bonds is 3. The molecule has 0 unspecified atom stereocenters. The largest absolute Gasteiger partial charge is 0.313 e. The highest BCUT2D eigenvalue weighted by molar-refractivity contribution is 5.47. The Morgan fingerprint density at radius 2 is 1.63 bits per heavy atom. The third kappa shape index (κ3) is 2.15. The van der Waals surface area contributed by atoms with Crippen molar-refractivity contribution in [2.45, 2.75) is 13.8 Å². The summed E-state index contributed by atoms with van der Waals surface area (Å²) in [6.45, 7) is 3.13. The summed E-state index contributed by atoms with van der Waals surface area (Å²) >= 11 is 0. The van der Waals surface area contributed by atoms with E-state index in [-0.39, 0.29) is 11.4 Å². The molecule has 8 nitrogen and oxygen atoms in total. The van der Waals surface area contributed by atoms with Crippen LogP contribution in [-0.4, -0.2) is 19.6 Å². The first-order valence-corrected chi connectivity index (χ1v) is 5.37. The van der Waals surface area contributed by atoms with E-state index in [9.17, 15) is 20.2 Å². The Hall–Kier alpha value is -2.77. The SMILES string of the molecule is Cc1nn(-c2ccc([N+](=O)[O-])cc2)c(C)c1[N+](=O)[O-]. The summed E-state index contributed by atoms with van der Waals surface area (Å²) in [5, 5.41) is 25.5. The van der Waals surface area contributed by atoms with Crippen molar-refractivity contribution in [3.8, 4) is 5.69 Å². The van der Waals surface area contributed by atoms with Crippen LogP contribution in [-0.2, 0) is 0 Å². The number of nitrogens with zero attached hydrogens (tertiary/aromatic N) is 4. The summed E-state index contributed by atoms with van der Waals surface area (Å²) in [4.78, 5) is 20.5. The molecular formula is C11H10N4O4. The number of nitro benzene ring substituents is 1. The van der Waals surface area contributed by atoms with Gasteiger partial charge in [-0.2, -0.15) is 5.10 Å². The standard InChI is InChI=1S/C11H10N4O4/c1-7-11(15(18)19)8(2)13(12-7)9-3-5-10(6-4-9)14(16)17/h3-6H,1-2H3.